The Morgan fingerprint density at radius 3 is 2.42 bits per heavy atom. The van der Waals surface area contributed by atoms with E-state index in [9.17, 15) is 0 Å². The lowest BCUT2D eigenvalue weighted by atomic mass is 9.86. The molecule has 2 heteroatoms. The van der Waals surface area contributed by atoms with Crippen LogP contribution in [-0.2, 0) is 5.41 Å². The smallest absolute Gasteiger partial charge is 0.0670 e. The maximum atomic E-state index is 4.77. The van der Waals surface area contributed by atoms with Crippen molar-refractivity contribution in [1.29, 1.82) is 0 Å². The highest BCUT2D eigenvalue weighted by Gasteiger charge is 2.17. The van der Waals surface area contributed by atoms with Gasteiger partial charge in [0.1, 0.15) is 0 Å². The van der Waals surface area contributed by atoms with Gasteiger partial charge in [-0.3, -0.25) is 9.98 Å². The van der Waals surface area contributed by atoms with E-state index in [1.807, 2.05) is 31.3 Å². The van der Waals surface area contributed by atoms with Crippen molar-refractivity contribution in [3.63, 3.8) is 0 Å². The average Bonchev–Trinajstić information content (AvgIpc) is 2.39. The first kappa shape index (κ1) is 13.5. The zero-order valence-corrected chi connectivity index (χ0v) is 12.0. The summed E-state index contributed by atoms with van der Waals surface area (Å²) in [6.45, 7) is 8.65. The maximum Gasteiger partial charge on any atom is 0.0670 e. The number of hydrogen-bond acceptors (Lipinski definition) is 2. The normalized spacial score (nSPS) is 12.5. The Bertz CT molecular complexity index is 578. The number of nitrogens with zero attached hydrogens (tertiary/aromatic N) is 2. The Morgan fingerprint density at radius 2 is 1.79 bits per heavy atom. The molecule has 1 heterocycles. The molecule has 98 valence electrons. The molecule has 1 aromatic carbocycles. The quantitative estimate of drug-likeness (QED) is 0.721. The molecule has 19 heavy (non-hydrogen) atoms. The molecule has 0 aliphatic rings. The minimum absolute atomic E-state index is 0.0926. The van der Waals surface area contributed by atoms with E-state index in [0.29, 0.717) is 0 Å². The number of para-hydroxylation sites is 1. The Hall–Kier alpha value is -1.96. The van der Waals surface area contributed by atoms with E-state index in [4.69, 9.17) is 4.99 Å². The first-order chi connectivity index (χ1) is 8.98. The second-order valence-electron chi connectivity index (χ2n) is 5.71. The van der Waals surface area contributed by atoms with Gasteiger partial charge in [-0.1, -0.05) is 45.0 Å². The summed E-state index contributed by atoms with van der Waals surface area (Å²) in [5.74, 6) is 0. The van der Waals surface area contributed by atoms with Crippen molar-refractivity contribution in [2.75, 3.05) is 0 Å². The second-order valence-corrected chi connectivity index (χ2v) is 5.71. The number of benzene rings is 1. The third kappa shape index (κ3) is 3.28. The van der Waals surface area contributed by atoms with Crippen LogP contribution in [-0.4, -0.2) is 10.7 Å². The molecule has 0 spiro atoms. The van der Waals surface area contributed by atoms with Gasteiger partial charge in [-0.25, -0.2) is 0 Å². The van der Waals surface area contributed by atoms with Gasteiger partial charge in [0.05, 0.1) is 5.69 Å². The van der Waals surface area contributed by atoms with Crippen molar-refractivity contribution in [2.45, 2.75) is 33.1 Å². The highest BCUT2D eigenvalue weighted by molar-refractivity contribution is 6.00. The van der Waals surface area contributed by atoms with Crippen LogP contribution in [0.5, 0.6) is 0 Å². The van der Waals surface area contributed by atoms with E-state index in [0.717, 1.165) is 17.0 Å². The number of rotatable bonds is 2. The molecule has 0 atom stereocenters. The fourth-order valence-electron chi connectivity index (χ4n) is 2.03. The van der Waals surface area contributed by atoms with Gasteiger partial charge in [0.25, 0.3) is 0 Å². The van der Waals surface area contributed by atoms with Crippen LogP contribution in [0.4, 0.5) is 5.69 Å². The Kier molecular flexibility index (Phi) is 3.79. The minimum atomic E-state index is 0.0926. The Labute approximate surface area is 115 Å². The maximum absolute atomic E-state index is 4.77. The van der Waals surface area contributed by atoms with Crippen LogP contribution in [0.1, 0.15) is 38.8 Å². The largest absolute Gasteiger partial charge is 0.264 e. The molecule has 1 aromatic heterocycles. The Morgan fingerprint density at radius 1 is 1.05 bits per heavy atom. The van der Waals surface area contributed by atoms with Crippen LogP contribution in [0, 0.1) is 0 Å². The molecule has 0 aliphatic carbocycles. The summed E-state index contributed by atoms with van der Waals surface area (Å²) in [5.41, 5.74) is 4.44. The van der Waals surface area contributed by atoms with Gasteiger partial charge in [0, 0.05) is 23.7 Å². The first-order valence-electron chi connectivity index (χ1n) is 6.53. The lowest BCUT2D eigenvalue weighted by molar-refractivity contribution is 0.591. The van der Waals surface area contributed by atoms with Crippen molar-refractivity contribution >= 4 is 11.4 Å². The number of aliphatic imine (C=N–C) groups is 1. The number of aromatic nitrogens is 1. The minimum Gasteiger partial charge on any atom is -0.264 e. The molecule has 0 N–H and O–H groups in total. The average molecular weight is 252 g/mol. The fourth-order valence-corrected chi connectivity index (χ4v) is 2.03. The van der Waals surface area contributed by atoms with Gasteiger partial charge < -0.3 is 0 Å². The summed E-state index contributed by atoms with van der Waals surface area (Å²) in [7, 11) is 0. The van der Waals surface area contributed by atoms with E-state index in [-0.39, 0.29) is 5.41 Å². The van der Waals surface area contributed by atoms with Crippen LogP contribution < -0.4 is 0 Å². The Balaban J connectivity index is 2.44. The zero-order chi connectivity index (χ0) is 13.9. The SMILES string of the molecule is CC(=Nc1ccccc1C(C)(C)C)c1cccnc1. The molecule has 0 aliphatic heterocycles. The van der Waals surface area contributed by atoms with Gasteiger partial charge in [0.2, 0.25) is 0 Å². The van der Waals surface area contributed by atoms with E-state index in [1.54, 1.807) is 6.20 Å². The van der Waals surface area contributed by atoms with E-state index < -0.39 is 0 Å². The second kappa shape index (κ2) is 5.35. The van der Waals surface area contributed by atoms with E-state index >= 15 is 0 Å². The molecule has 2 nitrogen and oxygen atoms in total. The third-order valence-corrected chi connectivity index (χ3v) is 3.08. The van der Waals surface area contributed by atoms with Gasteiger partial charge in [-0.05, 0) is 30.0 Å². The lowest BCUT2D eigenvalue weighted by Crippen LogP contribution is -2.11. The van der Waals surface area contributed by atoms with Gasteiger partial charge in [-0.2, -0.15) is 0 Å². The molecule has 0 unspecified atom stereocenters. The van der Waals surface area contributed by atoms with Crippen molar-refractivity contribution in [1.82, 2.24) is 4.98 Å². The van der Waals surface area contributed by atoms with Crippen molar-refractivity contribution < 1.29 is 0 Å². The van der Waals surface area contributed by atoms with Crippen LogP contribution >= 0.6 is 0 Å². The predicted molar refractivity (Wildman–Crippen MR) is 81.3 cm³/mol. The molecule has 0 bridgehead atoms. The van der Waals surface area contributed by atoms with Gasteiger partial charge >= 0.3 is 0 Å². The van der Waals surface area contributed by atoms with Crippen LogP contribution in [0.25, 0.3) is 0 Å². The monoisotopic (exact) mass is 252 g/mol. The molecular formula is C17H20N2. The van der Waals surface area contributed by atoms with Crippen molar-refractivity contribution in [3.8, 4) is 0 Å². The van der Waals surface area contributed by atoms with Crippen molar-refractivity contribution in [3.05, 3.63) is 59.9 Å². The standard InChI is InChI=1S/C17H20N2/c1-13(14-8-7-11-18-12-14)19-16-10-6-5-9-15(16)17(2,3)4/h5-12H,1-4H3. The van der Waals surface area contributed by atoms with Crippen LogP contribution in [0.15, 0.2) is 53.8 Å². The molecule has 0 saturated heterocycles. The van der Waals surface area contributed by atoms with Gasteiger partial charge in [-0.15, -0.1) is 0 Å². The lowest BCUT2D eigenvalue weighted by Gasteiger charge is -2.21. The first-order valence-corrected chi connectivity index (χ1v) is 6.53. The number of pyridine rings is 1. The predicted octanol–water partition coefficient (Wildman–Crippen LogP) is 4.52. The van der Waals surface area contributed by atoms with Crippen molar-refractivity contribution in [2.24, 2.45) is 4.99 Å². The summed E-state index contributed by atoms with van der Waals surface area (Å²) in [6.07, 6.45) is 3.62. The third-order valence-electron chi connectivity index (χ3n) is 3.08. The molecule has 0 amide bonds. The molecule has 0 radical (unpaired) electrons. The van der Waals surface area contributed by atoms with E-state index in [1.165, 1.54) is 5.56 Å². The number of hydrogen-bond donors (Lipinski definition) is 0. The molecule has 2 aromatic rings. The molecule has 0 fully saturated rings. The summed E-state index contributed by atoms with van der Waals surface area (Å²) >= 11 is 0. The van der Waals surface area contributed by atoms with Crippen LogP contribution in [0.2, 0.25) is 0 Å². The van der Waals surface area contributed by atoms with E-state index in [2.05, 4.69) is 44.0 Å². The van der Waals surface area contributed by atoms with Gasteiger partial charge in [0.15, 0.2) is 0 Å². The molecule has 2 rings (SSSR count). The highest BCUT2D eigenvalue weighted by atomic mass is 14.8. The molecular weight excluding hydrogens is 232 g/mol. The topological polar surface area (TPSA) is 25.2 Å². The van der Waals surface area contributed by atoms with Crippen LogP contribution in [0.3, 0.4) is 0 Å². The summed E-state index contributed by atoms with van der Waals surface area (Å²) in [5, 5.41) is 0. The summed E-state index contributed by atoms with van der Waals surface area (Å²) in [4.78, 5) is 8.91. The molecule has 0 saturated carbocycles. The fraction of sp³-hybridized carbons (Fsp3) is 0.294. The zero-order valence-electron chi connectivity index (χ0n) is 12.0. The summed E-state index contributed by atoms with van der Waals surface area (Å²) in [6, 6.07) is 12.3. The summed E-state index contributed by atoms with van der Waals surface area (Å²) < 4.78 is 0. The highest BCUT2D eigenvalue weighted by Crippen LogP contribution is 2.31.